The first-order chi connectivity index (χ1) is 12.4. The van der Waals surface area contributed by atoms with Crippen LogP contribution >= 0.6 is 0 Å². The number of carbonyl (C=O) groups is 3. The minimum absolute atomic E-state index is 0.0424. The summed E-state index contributed by atoms with van der Waals surface area (Å²) in [6.45, 7) is 1.48. The van der Waals surface area contributed by atoms with Gasteiger partial charge in [0.05, 0.1) is 7.11 Å². The fraction of sp³-hybridized carbons (Fsp3) is 0.250. The highest BCUT2D eigenvalue weighted by atomic mass is 16.5. The molecule has 2 aromatic rings. The normalized spacial score (nSPS) is 14.2. The Hall–Kier alpha value is -3.15. The van der Waals surface area contributed by atoms with Gasteiger partial charge in [-0.15, -0.1) is 0 Å². The van der Waals surface area contributed by atoms with Crippen molar-refractivity contribution in [3.8, 4) is 5.75 Å². The van der Waals surface area contributed by atoms with E-state index in [0.717, 1.165) is 0 Å². The van der Waals surface area contributed by atoms with Crippen LogP contribution in [0.3, 0.4) is 0 Å². The third-order valence-corrected chi connectivity index (χ3v) is 4.50. The molecule has 0 aliphatic heterocycles. The van der Waals surface area contributed by atoms with Crippen LogP contribution in [0.15, 0.2) is 48.5 Å². The Labute approximate surface area is 151 Å². The summed E-state index contributed by atoms with van der Waals surface area (Å²) in [5, 5.41) is 5.55. The van der Waals surface area contributed by atoms with Crippen molar-refractivity contribution in [2.24, 2.45) is 5.41 Å². The zero-order valence-corrected chi connectivity index (χ0v) is 14.7. The Kier molecular flexibility index (Phi) is 4.75. The minimum atomic E-state index is -1.05. The van der Waals surface area contributed by atoms with Gasteiger partial charge in [0, 0.05) is 23.0 Å². The van der Waals surface area contributed by atoms with Crippen LogP contribution in [0.25, 0.3) is 0 Å². The topological polar surface area (TPSA) is 84.5 Å². The van der Waals surface area contributed by atoms with Gasteiger partial charge >= 0.3 is 0 Å². The fourth-order valence-corrected chi connectivity index (χ4v) is 2.67. The second-order valence-corrected chi connectivity index (χ2v) is 6.36. The van der Waals surface area contributed by atoms with E-state index in [1.54, 1.807) is 55.6 Å². The summed E-state index contributed by atoms with van der Waals surface area (Å²) in [5.74, 6) is -0.0843. The number of Topliss-reactive ketones (excluding diaryl/α,β-unsaturated/α-hetero) is 1. The molecule has 1 aliphatic carbocycles. The molecule has 0 heterocycles. The van der Waals surface area contributed by atoms with Crippen molar-refractivity contribution in [1.29, 1.82) is 0 Å². The van der Waals surface area contributed by atoms with Crippen LogP contribution in [0.4, 0.5) is 11.4 Å². The minimum Gasteiger partial charge on any atom is -0.497 e. The van der Waals surface area contributed by atoms with Crippen LogP contribution in [0.2, 0.25) is 0 Å². The molecule has 0 spiro atoms. The molecule has 0 unspecified atom stereocenters. The van der Waals surface area contributed by atoms with Crippen LogP contribution in [0.1, 0.15) is 30.1 Å². The first-order valence-corrected chi connectivity index (χ1v) is 8.32. The number of hydrogen-bond acceptors (Lipinski definition) is 4. The number of benzene rings is 2. The van der Waals surface area contributed by atoms with E-state index in [9.17, 15) is 14.4 Å². The molecule has 0 aromatic heterocycles. The molecule has 3 rings (SSSR count). The van der Waals surface area contributed by atoms with Gasteiger partial charge in [-0.2, -0.15) is 0 Å². The number of anilines is 2. The van der Waals surface area contributed by atoms with E-state index < -0.39 is 5.41 Å². The summed E-state index contributed by atoms with van der Waals surface area (Å²) < 4.78 is 5.14. The van der Waals surface area contributed by atoms with Crippen LogP contribution in [0.5, 0.6) is 5.75 Å². The van der Waals surface area contributed by atoms with Crippen molar-refractivity contribution in [3.63, 3.8) is 0 Å². The van der Waals surface area contributed by atoms with Gasteiger partial charge in [0.2, 0.25) is 11.8 Å². The lowest BCUT2D eigenvalue weighted by molar-refractivity contribution is -0.131. The number of amides is 2. The molecule has 0 atom stereocenters. The Morgan fingerprint density at radius 2 is 1.54 bits per heavy atom. The van der Waals surface area contributed by atoms with Crippen molar-refractivity contribution in [2.75, 3.05) is 17.7 Å². The van der Waals surface area contributed by atoms with E-state index in [1.807, 2.05) is 0 Å². The Balaban J connectivity index is 1.68. The Morgan fingerprint density at radius 3 is 2.08 bits per heavy atom. The van der Waals surface area contributed by atoms with E-state index in [0.29, 0.717) is 35.5 Å². The van der Waals surface area contributed by atoms with Crippen LogP contribution in [0, 0.1) is 5.41 Å². The standard InChI is InChI=1S/C20H20N2O4/c1-13(23)14-6-8-15(9-7-14)21-18(24)20(10-11-20)19(25)22-16-4-3-5-17(12-16)26-2/h3-9,12H,10-11H2,1-2H3,(H,21,24)(H,22,25). The predicted octanol–water partition coefficient (Wildman–Crippen LogP) is 3.26. The largest absolute Gasteiger partial charge is 0.497 e. The van der Waals surface area contributed by atoms with Crippen LogP contribution in [-0.2, 0) is 9.59 Å². The SMILES string of the molecule is COc1cccc(NC(=O)C2(C(=O)Nc3ccc(C(C)=O)cc3)CC2)c1. The molecule has 0 bridgehead atoms. The highest BCUT2D eigenvalue weighted by Gasteiger charge is 2.56. The van der Waals surface area contributed by atoms with Crippen molar-refractivity contribution in [3.05, 3.63) is 54.1 Å². The molecule has 1 saturated carbocycles. The molecule has 6 nitrogen and oxygen atoms in total. The highest BCUT2D eigenvalue weighted by molar-refractivity contribution is 6.17. The number of hydrogen-bond donors (Lipinski definition) is 2. The molecule has 2 N–H and O–H groups in total. The number of carbonyl (C=O) groups excluding carboxylic acids is 3. The van der Waals surface area contributed by atoms with Crippen LogP contribution < -0.4 is 15.4 Å². The first-order valence-electron chi connectivity index (χ1n) is 8.32. The van der Waals surface area contributed by atoms with Gasteiger partial charge in [0.1, 0.15) is 11.2 Å². The second-order valence-electron chi connectivity index (χ2n) is 6.36. The second kappa shape index (κ2) is 7.00. The van der Waals surface area contributed by atoms with Gasteiger partial charge < -0.3 is 15.4 Å². The van der Waals surface area contributed by atoms with Gasteiger partial charge in [-0.1, -0.05) is 6.07 Å². The molecule has 2 aromatic carbocycles. The third-order valence-electron chi connectivity index (χ3n) is 4.50. The van der Waals surface area contributed by atoms with E-state index in [1.165, 1.54) is 6.92 Å². The predicted molar refractivity (Wildman–Crippen MR) is 98.4 cm³/mol. The average Bonchev–Trinajstić information content (AvgIpc) is 3.44. The van der Waals surface area contributed by atoms with Crippen molar-refractivity contribution in [1.82, 2.24) is 0 Å². The number of methoxy groups -OCH3 is 1. The number of ketones is 1. The monoisotopic (exact) mass is 352 g/mol. The van der Waals surface area contributed by atoms with Gasteiger partial charge in [0.15, 0.2) is 5.78 Å². The van der Waals surface area contributed by atoms with Gasteiger partial charge in [-0.25, -0.2) is 0 Å². The smallest absolute Gasteiger partial charge is 0.240 e. The summed E-state index contributed by atoms with van der Waals surface area (Å²) in [7, 11) is 1.55. The summed E-state index contributed by atoms with van der Waals surface area (Å²) in [4.78, 5) is 36.5. The molecule has 2 amide bonds. The molecule has 1 aliphatic rings. The molecule has 0 saturated heterocycles. The molecule has 1 fully saturated rings. The van der Waals surface area contributed by atoms with Gasteiger partial charge in [-0.3, -0.25) is 14.4 Å². The number of ether oxygens (including phenoxy) is 1. The number of rotatable bonds is 6. The summed E-state index contributed by atoms with van der Waals surface area (Å²) in [6, 6.07) is 13.6. The lowest BCUT2D eigenvalue weighted by Gasteiger charge is -2.16. The van der Waals surface area contributed by atoms with E-state index in [-0.39, 0.29) is 17.6 Å². The molecular formula is C20H20N2O4. The van der Waals surface area contributed by atoms with Crippen molar-refractivity contribution in [2.45, 2.75) is 19.8 Å². The Bertz CT molecular complexity index is 854. The number of nitrogens with one attached hydrogen (secondary N) is 2. The Morgan fingerprint density at radius 1 is 0.923 bits per heavy atom. The summed E-state index contributed by atoms with van der Waals surface area (Å²) in [5.41, 5.74) is 0.655. The molecule has 134 valence electrons. The van der Waals surface area contributed by atoms with E-state index >= 15 is 0 Å². The fourth-order valence-electron chi connectivity index (χ4n) is 2.67. The van der Waals surface area contributed by atoms with Crippen molar-refractivity contribution < 1.29 is 19.1 Å². The van der Waals surface area contributed by atoms with Crippen LogP contribution in [-0.4, -0.2) is 24.7 Å². The summed E-state index contributed by atoms with van der Waals surface area (Å²) >= 11 is 0. The lowest BCUT2D eigenvalue weighted by Crippen LogP contribution is -2.35. The lowest BCUT2D eigenvalue weighted by atomic mass is 10.0. The van der Waals surface area contributed by atoms with E-state index in [4.69, 9.17) is 4.74 Å². The maximum Gasteiger partial charge on any atom is 0.240 e. The van der Waals surface area contributed by atoms with Gasteiger partial charge in [0.25, 0.3) is 0 Å². The highest BCUT2D eigenvalue weighted by Crippen LogP contribution is 2.47. The zero-order chi connectivity index (χ0) is 18.7. The molecule has 26 heavy (non-hydrogen) atoms. The molecule has 0 radical (unpaired) electrons. The first kappa shape index (κ1) is 17.7. The van der Waals surface area contributed by atoms with Gasteiger partial charge in [-0.05, 0) is 56.2 Å². The van der Waals surface area contributed by atoms with E-state index in [2.05, 4.69) is 10.6 Å². The average molecular weight is 352 g/mol. The molecular weight excluding hydrogens is 332 g/mol. The van der Waals surface area contributed by atoms with Crippen molar-refractivity contribution >= 4 is 29.0 Å². The quantitative estimate of drug-likeness (QED) is 0.617. The molecule has 6 heteroatoms. The zero-order valence-electron chi connectivity index (χ0n) is 14.7. The third kappa shape index (κ3) is 3.59. The summed E-state index contributed by atoms with van der Waals surface area (Å²) in [6.07, 6.45) is 1.00. The maximum absolute atomic E-state index is 12.6. The maximum atomic E-state index is 12.6.